The van der Waals surface area contributed by atoms with E-state index >= 15 is 0 Å². The molecule has 0 aliphatic heterocycles. The minimum absolute atomic E-state index is 0.0620. The van der Waals surface area contributed by atoms with Crippen molar-refractivity contribution in [1.82, 2.24) is 0 Å². The minimum Gasteiger partial charge on any atom is -0.482 e. The van der Waals surface area contributed by atoms with Crippen LogP contribution in [-0.2, 0) is 9.59 Å². The van der Waals surface area contributed by atoms with Crippen molar-refractivity contribution in [2.24, 2.45) is 5.92 Å². The van der Waals surface area contributed by atoms with Crippen LogP contribution in [0.3, 0.4) is 0 Å². The number of anilines is 2. The summed E-state index contributed by atoms with van der Waals surface area (Å²) in [6, 6.07) is 11.6. The first kappa shape index (κ1) is 21.0. The standard InChI is InChI=1S/C21H24N2O5/c1-13(2)10-19(24)22-16-6-4-15(5-7-16)21(27)23-18-9-8-17(11-14(18)3)28-12-20(25)26/h4-9,11,13H,10,12H2,1-3H3,(H,22,24)(H,23,27)(H,25,26). The molecule has 0 spiro atoms. The highest BCUT2D eigenvalue weighted by Gasteiger charge is 2.10. The first-order chi connectivity index (χ1) is 13.2. The highest BCUT2D eigenvalue weighted by Crippen LogP contribution is 2.22. The molecule has 0 saturated heterocycles. The molecular formula is C21H24N2O5. The van der Waals surface area contributed by atoms with Gasteiger partial charge in [0.05, 0.1) is 0 Å². The average Bonchev–Trinajstić information content (AvgIpc) is 2.61. The molecule has 0 fully saturated rings. The van der Waals surface area contributed by atoms with Gasteiger partial charge in [0.1, 0.15) is 5.75 Å². The number of carbonyl (C=O) groups is 3. The Hall–Kier alpha value is -3.35. The van der Waals surface area contributed by atoms with Gasteiger partial charge in [-0.25, -0.2) is 4.79 Å². The lowest BCUT2D eigenvalue weighted by Gasteiger charge is -2.11. The summed E-state index contributed by atoms with van der Waals surface area (Å²) in [5, 5.41) is 14.2. The topological polar surface area (TPSA) is 105 Å². The van der Waals surface area contributed by atoms with Crippen molar-refractivity contribution in [2.75, 3.05) is 17.2 Å². The quantitative estimate of drug-likeness (QED) is 0.644. The monoisotopic (exact) mass is 384 g/mol. The van der Waals surface area contributed by atoms with Crippen molar-refractivity contribution in [3.8, 4) is 5.75 Å². The molecule has 148 valence electrons. The molecule has 2 aromatic rings. The van der Waals surface area contributed by atoms with Gasteiger partial charge in [-0.15, -0.1) is 0 Å². The molecule has 3 N–H and O–H groups in total. The maximum absolute atomic E-state index is 12.4. The molecule has 0 aliphatic carbocycles. The molecule has 2 rings (SSSR count). The molecule has 28 heavy (non-hydrogen) atoms. The van der Waals surface area contributed by atoms with Gasteiger partial charge in [0.15, 0.2) is 6.61 Å². The molecule has 0 heterocycles. The molecule has 0 unspecified atom stereocenters. The van der Waals surface area contributed by atoms with E-state index in [9.17, 15) is 14.4 Å². The van der Waals surface area contributed by atoms with E-state index in [1.807, 2.05) is 13.8 Å². The van der Waals surface area contributed by atoms with Crippen LogP contribution in [0.15, 0.2) is 42.5 Å². The number of ether oxygens (including phenoxy) is 1. The van der Waals surface area contributed by atoms with Gasteiger partial charge in [-0.05, 0) is 60.9 Å². The van der Waals surface area contributed by atoms with Crippen molar-refractivity contribution in [3.63, 3.8) is 0 Å². The number of hydrogen-bond donors (Lipinski definition) is 3. The second-order valence-electron chi connectivity index (χ2n) is 6.84. The van der Waals surface area contributed by atoms with E-state index in [0.29, 0.717) is 29.1 Å². The van der Waals surface area contributed by atoms with E-state index in [2.05, 4.69) is 10.6 Å². The summed E-state index contributed by atoms with van der Waals surface area (Å²) in [6.45, 7) is 5.31. The van der Waals surface area contributed by atoms with Crippen molar-refractivity contribution >= 4 is 29.2 Å². The van der Waals surface area contributed by atoms with Gasteiger partial charge in [0.25, 0.3) is 5.91 Å². The average molecular weight is 384 g/mol. The van der Waals surface area contributed by atoms with Crippen LogP contribution in [0.2, 0.25) is 0 Å². The van der Waals surface area contributed by atoms with Crippen LogP contribution < -0.4 is 15.4 Å². The molecule has 0 aromatic heterocycles. The predicted molar refractivity (Wildman–Crippen MR) is 107 cm³/mol. The zero-order chi connectivity index (χ0) is 20.7. The number of rotatable bonds is 8. The fraction of sp³-hybridized carbons (Fsp3) is 0.286. The smallest absolute Gasteiger partial charge is 0.341 e. The lowest BCUT2D eigenvalue weighted by molar-refractivity contribution is -0.139. The summed E-state index contributed by atoms with van der Waals surface area (Å²) >= 11 is 0. The number of aliphatic carboxylic acids is 1. The van der Waals surface area contributed by atoms with Crippen LogP contribution in [0.1, 0.15) is 36.2 Å². The molecule has 2 amide bonds. The van der Waals surface area contributed by atoms with Gasteiger partial charge in [-0.3, -0.25) is 9.59 Å². The van der Waals surface area contributed by atoms with Gasteiger partial charge in [-0.1, -0.05) is 13.8 Å². The zero-order valence-corrected chi connectivity index (χ0v) is 16.1. The molecule has 7 nitrogen and oxygen atoms in total. The largest absolute Gasteiger partial charge is 0.482 e. The summed E-state index contributed by atoms with van der Waals surface area (Å²) in [5.74, 6) is -0.720. The molecule has 2 aromatic carbocycles. The Balaban J connectivity index is 1.99. The summed E-state index contributed by atoms with van der Waals surface area (Å²) in [4.78, 5) is 34.8. The van der Waals surface area contributed by atoms with E-state index in [4.69, 9.17) is 9.84 Å². The van der Waals surface area contributed by atoms with E-state index < -0.39 is 12.6 Å². The lowest BCUT2D eigenvalue weighted by Crippen LogP contribution is -2.15. The Kier molecular flexibility index (Phi) is 7.14. The Morgan fingerprint density at radius 1 is 1.04 bits per heavy atom. The number of nitrogens with one attached hydrogen (secondary N) is 2. The Labute approximate surface area is 163 Å². The van der Waals surface area contributed by atoms with E-state index in [1.165, 1.54) is 0 Å². The lowest BCUT2D eigenvalue weighted by atomic mass is 10.1. The highest BCUT2D eigenvalue weighted by atomic mass is 16.5. The SMILES string of the molecule is Cc1cc(OCC(=O)O)ccc1NC(=O)c1ccc(NC(=O)CC(C)C)cc1. The minimum atomic E-state index is -1.06. The number of carbonyl (C=O) groups excluding carboxylic acids is 2. The molecule has 0 aliphatic rings. The van der Waals surface area contributed by atoms with E-state index in [1.54, 1.807) is 49.4 Å². The van der Waals surface area contributed by atoms with Crippen LogP contribution in [-0.4, -0.2) is 29.5 Å². The molecular weight excluding hydrogens is 360 g/mol. The van der Waals surface area contributed by atoms with Gasteiger partial charge in [-0.2, -0.15) is 0 Å². The summed E-state index contributed by atoms with van der Waals surface area (Å²) in [7, 11) is 0. The predicted octanol–water partition coefficient (Wildman–Crippen LogP) is 3.70. The molecule has 7 heteroatoms. The van der Waals surface area contributed by atoms with Crippen molar-refractivity contribution in [1.29, 1.82) is 0 Å². The third kappa shape index (κ3) is 6.42. The van der Waals surface area contributed by atoms with E-state index in [-0.39, 0.29) is 17.7 Å². The maximum Gasteiger partial charge on any atom is 0.341 e. The normalized spacial score (nSPS) is 10.4. The van der Waals surface area contributed by atoms with Crippen molar-refractivity contribution < 1.29 is 24.2 Å². The molecule has 0 saturated carbocycles. The number of carboxylic acid groups (broad SMARTS) is 1. The third-order valence-corrected chi connectivity index (χ3v) is 3.83. The van der Waals surface area contributed by atoms with Crippen LogP contribution in [0.4, 0.5) is 11.4 Å². The van der Waals surface area contributed by atoms with Gasteiger partial charge >= 0.3 is 5.97 Å². The zero-order valence-electron chi connectivity index (χ0n) is 16.1. The molecule has 0 atom stereocenters. The summed E-state index contributed by atoms with van der Waals surface area (Å²) in [6.07, 6.45) is 0.438. The first-order valence-corrected chi connectivity index (χ1v) is 8.91. The Morgan fingerprint density at radius 2 is 1.71 bits per heavy atom. The maximum atomic E-state index is 12.4. The van der Waals surface area contributed by atoms with Gasteiger partial charge < -0.3 is 20.5 Å². The number of benzene rings is 2. The third-order valence-electron chi connectivity index (χ3n) is 3.83. The first-order valence-electron chi connectivity index (χ1n) is 8.91. The number of hydrogen-bond acceptors (Lipinski definition) is 4. The van der Waals surface area contributed by atoms with E-state index in [0.717, 1.165) is 5.56 Å². The van der Waals surface area contributed by atoms with Crippen LogP contribution >= 0.6 is 0 Å². The molecule has 0 radical (unpaired) electrons. The number of carboxylic acids is 1. The number of aryl methyl sites for hydroxylation is 1. The second-order valence-corrected chi connectivity index (χ2v) is 6.84. The fourth-order valence-electron chi connectivity index (χ4n) is 2.49. The van der Waals surface area contributed by atoms with Crippen LogP contribution in [0.25, 0.3) is 0 Å². The molecule has 0 bridgehead atoms. The Bertz CT molecular complexity index is 860. The fourth-order valence-corrected chi connectivity index (χ4v) is 2.49. The van der Waals surface area contributed by atoms with Gasteiger partial charge in [0, 0.05) is 23.4 Å². The Morgan fingerprint density at radius 3 is 2.29 bits per heavy atom. The second kappa shape index (κ2) is 9.55. The van der Waals surface area contributed by atoms with Crippen molar-refractivity contribution in [3.05, 3.63) is 53.6 Å². The summed E-state index contributed by atoms with van der Waals surface area (Å²) < 4.78 is 5.11. The van der Waals surface area contributed by atoms with Crippen LogP contribution in [0.5, 0.6) is 5.75 Å². The number of amides is 2. The van der Waals surface area contributed by atoms with Crippen LogP contribution in [0, 0.1) is 12.8 Å². The summed E-state index contributed by atoms with van der Waals surface area (Å²) in [5.41, 5.74) is 2.43. The highest BCUT2D eigenvalue weighted by molar-refractivity contribution is 6.05. The van der Waals surface area contributed by atoms with Gasteiger partial charge in [0.2, 0.25) is 5.91 Å². The van der Waals surface area contributed by atoms with Crippen molar-refractivity contribution in [2.45, 2.75) is 27.2 Å².